The van der Waals surface area contributed by atoms with Crippen LogP contribution in [0.4, 0.5) is 0 Å². The van der Waals surface area contributed by atoms with E-state index in [1.807, 2.05) is 0 Å². The van der Waals surface area contributed by atoms with Gasteiger partial charge in [0.1, 0.15) is 0 Å². The second-order valence-electron chi connectivity index (χ2n) is 4.41. The summed E-state index contributed by atoms with van der Waals surface area (Å²) < 4.78 is 7.13. The molecule has 0 aliphatic rings. The van der Waals surface area contributed by atoms with Crippen LogP contribution in [0, 0.1) is 0 Å². The molecule has 1 heterocycles. The van der Waals surface area contributed by atoms with Gasteiger partial charge in [-0.15, -0.1) is 0 Å². The van der Waals surface area contributed by atoms with Gasteiger partial charge in [0.05, 0.1) is 0 Å². The molecule has 0 aliphatic heterocycles. The SMILES string of the molecule is C[Si](C)c1cc[c]([Ge]([CH3])([CH3])[CH3])o1. The molecule has 67 valence electrons. The first-order valence-corrected chi connectivity index (χ1v) is 14.2. The zero-order valence-corrected chi connectivity index (χ0v) is 11.7. The van der Waals surface area contributed by atoms with E-state index < -0.39 is 13.3 Å². The third-order valence-electron chi connectivity index (χ3n) is 1.84. The van der Waals surface area contributed by atoms with Crippen molar-refractivity contribution < 1.29 is 4.42 Å². The van der Waals surface area contributed by atoms with Crippen LogP contribution in [-0.4, -0.2) is 22.1 Å². The van der Waals surface area contributed by atoms with Crippen LogP contribution < -0.4 is 9.98 Å². The Kier molecular flexibility index (Phi) is 2.88. The van der Waals surface area contributed by atoms with Crippen LogP contribution in [0.25, 0.3) is 0 Å². The fourth-order valence-corrected chi connectivity index (χ4v) is 4.05. The van der Waals surface area contributed by atoms with E-state index in [0.29, 0.717) is 0 Å². The van der Waals surface area contributed by atoms with Crippen LogP contribution >= 0.6 is 0 Å². The Morgan fingerprint density at radius 1 is 1.17 bits per heavy atom. The summed E-state index contributed by atoms with van der Waals surface area (Å²) in [5.41, 5.74) is 0. The van der Waals surface area contributed by atoms with Crippen molar-refractivity contribution in [3.8, 4) is 0 Å². The monoisotopic (exact) mass is 243 g/mol. The first-order chi connectivity index (χ1) is 5.41. The first kappa shape index (κ1) is 10.1. The van der Waals surface area contributed by atoms with Crippen LogP contribution in [0.3, 0.4) is 0 Å². The molecule has 3 heteroatoms. The Labute approximate surface area is 79.1 Å². The molecule has 0 fully saturated rings. The minimum absolute atomic E-state index is 0.388. The molecule has 1 rings (SSSR count). The van der Waals surface area contributed by atoms with E-state index in [2.05, 4.69) is 42.5 Å². The zero-order chi connectivity index (χ0) is 9.35. The summed E-state index contributed by atoms with van der Waals surface area (Å²) in [6, 6.07) is 4.35. The Morgan fingerprint density at radius 2 is 1.75 bits per heavy atom. The molecule has 12 heavy (non-hydrogen) atoms. The van der Waals surface area contributed by atoms with Crippen molar-refractivity contribution in [1.29, 1.82) is 0 Å². The standard InChI is InChI=1S/C9H17GeOSi/c1-10(2,3)8-6-7-9(11-8)12(4)5/h6-7H,1-5H3. The van der Waals surface area contributed by atoms with Gasteiger partial charge in [0, 0.05) is 0 Å². The van der Waals surface area contributed by atoms with Gasteiger partial charge in [-0.3, -0.25) is 0 Å². The van der Waals surface area contributed by atoms with Gasteiger partial charge in [0.25, 0.3) is 0 Å². The maximum absolute atomic E-state index is 5.84. The molecular formula is C9H17GeOSi. The molecule has 1 radical (unpaired) electrons. The van der Waals surface area contributed by atoms with Crippen molar-refractivity contribution in [3.05, 3.63) is 12.1 Å². The second kappa shape index (κ2) is 3.42. The first-order valence-electron chi connectivity index (χ1n) is 4.32. The molecule has 0 aromatic carbocycles. The van der Waals surface area contributed by atoms with Gasteiger partial charge >= 0.3 is 79.0 Å². The molecule has 0 saturated carbocycles. The zero-order valence-electron chi connectivity index (χ0n) is 8.56. The van der Waals surface area contributed by atoms with Crippen molar-refractivity contribution in [2.24, 2.45) is 0 Å². The minimum atomic E-state index is -1.68. The molecule has 1 aromatic rings. The third-order valence-corrected chi connectivity index (χ3v) is 6.76. The van der Waals surface area contributed by atoms with Crippen molar-refractivity contribution >= 4 is 32.0 Å². The Bertz CT molecular complexity index is 260. The fraction of sp³-hybridized carbons (Fsp3) is 0.556. The Morgan fingerprint density at radius 3 is 2.00 bits per heavy atom. The van der Waals surface area contributed by atoms with E-state index in [1.54, 1.807) is 0 Å². The Hall–Kier alpha value is 0.0397. The van der Waals surface area contributed by atoms with Gasteiger partial charge < -0.3 is 0 Å². The van der Waals surface area contributed by atoms with Crippen LogP contribution in [0.1, 0.15) is 0 Å². The van der Waals surface area contributed by atoms with Crippen molar-refractivity contribution in [1.82, 2.24) is 0 Å². The normalized spacial score (nSPS) is 12.5. The van der Waals surface area contributed by atoms with E-state index in [1.165, 1.54) is 9.98 Å². The summed E-state index contributed by atoms with van der Waals surface area (Å²) in [7, 11) is -0.388. The van der Waals surface area contributed by atoms with Gasteiger partial charge in [0.2, 0.25) is 0 Å². The number of hydrogen-bond donors (Lipinski definition) is 0. The van der Waals surface area contributed by atoms with Crippen LogP contribution in [0.5, 0.6) is 0 Å². The van der Waals surface area contributed by atoms with E-state index in [0.717, 1.165) is 0 Å². The van der Waals surface area contributed by atoms with E-state index in [9.17, 15) is 0 Å². The van der Waals surface area contributed by atoms with Crippen LogP contribution in [0.2, 0.25) is 30.4 Å². The van der Waals surface area contributed by atoms with Crippen LogP contribution in [0.15, 0.2) is 16.5 Å². The molecule has 0 spiro atoms. The third kappa shape index (κ3) is 2.26. The number of rotatable bonds is 2. The topological polar surface area (TPSA) is 13.1 Å². The fourth-order valence-electron chi connectivity index (χ4n) is 1.01. The second-order valence-corrected chi connectivity index (χ2v) is 17.4. The van der Waals surface area contributed by atoms with Gasteiger partial charge in [-0.25, -0.2) is 0 Å². The quantitative estimate of drug-likeness (QED) is 0.720. The summed E-state index contributed by atoms with van der Waals surface area (Å²) in [6.07, 6.45) is 0. The van der Waals surface area contributed by atoms with Crippen molar-refractivity contribution in [2.75, 3.05) is 0 Å². The average Bonchev–Trinajstić information content (AvgIpc) is 2.30. The molecule has 0 amide bonds. The predicted octanol–water partition coefficient (Wildman–Crippen LogP) is 1.79. The summed E-state index contributed by atoms with van der Waals surface area (Å²) >= 11 is -1.68. The molecule has 0 saturated heterocycles. The molecule has 1 nitrogen and oxygen atoms in total. The molecule has 0 atom stereocenters. The van der Waals surface area contributed by atoms with Gasteiger partial charge in [0.15, 0.2) is 0 Å². The summed E-state index contributed by atoms with van der Waals surface area (Å²) in [4.78, 5) is 0. The van der Waals surface area contributed by atoms with E-state index in [4.69, 9.17) is 4.42 Å². The number of furan rings is 1. The van der Waals surface area contributed by atoms with Crippen LogP contribution in [-0.2, 0) is 0 Å². The molecule has 1 aromatic heterocycles. The van der Waals surface area contributed by atoms with E-state index >= 15 is 0 Å². The average molecular weight is 242 g/mol. The van der Waals surface area contributed by atoms with Gasteiger partial charge in [-0.1, -0.05) is 0 Å². The molecular weight excluding hydrogens is 225 g/mol. The summed E-state index contributed by atoms with van der Waals surface area (Å²) in [5.74, 6) is 7.08. The van der Waals surface area contributed by atoms with E-state index in [-0.39, 0.29) is 8.80 Å². The molecule has 0 bridgehead atoms. The summed E-state index contributed by atoms with van der Waals surface area (Å²) in [6.45, 7) is 4.53. The van der Waals surface area contributed by atoms with Crippen molar-refractivity contribution in [3.63, 3.8) is 0 Å². The van der Waals surface area contributed by atoms with Gasteiger partial charge in [-0.2, -0.15) is 0 Å². The predicted molar refractivity (Wildman–Crippen MR) is 58.8 cm³/mol. The summed E-state index contributed by atoms with van der Waals surface area (Å²) in [5, 5.41) is 1.23. The molecule has 0 N–H and O–H groups in total. The van der Waals surface area contributed by atoms with Crippen molar-refractivity contribution in [2.45, 2.75) is 30.4 Å². The molecule has 0 unspecified atom stereocenters. The van der Waals surface area contributed by atoms with Gasteiger partial charge in [-0.05, 0) is 0 Å². The maximum atomic E-state index is 5.84. The number of hydrogen-bond acceptors (Lipinski definition) is 1. The molecule has 0 aliphatic carbocycles. The Balaban J connectivity index is 2.92.